The fourth-order valence-electron chi connectivity index (χ4n) is 1.64. The molecule has 0 amide bonds. The zero-order valence-corrected chi connectivity index (χ0v) is 12.9. The molecule has 0 aliphatic rings. The third kappa shape index (κ3) is 3.43. The highest BCUT2D eigenvalue weighted by Gasteiger charge is 2.10. The van der Waals surface area contributed by atoms with Gasteiger partial charge in [0.25, 0.3) is 0 Å². The van der Waals surface area contributed by atoms with E-state index in [1.165, 1.54) is 0 Å². The Morgan fingerprint density at radius 1 is 1.32 bits per heavy atom. The molecule has 1 aromatic carbocycles. The van der Waals surface area contributed by atoms with Crippen molar-refractivity contribution >= 4 is 33.3 Å². The normalized spacial score (nSPS) is 10.5. The second kappa shape index (κ2) is 6.32. The van der Waals surface area contributed by atoms with Crippen molar-refractivity contribution in [2.45, 2.75) is 6.61 Å². The number of anilines is 1. The molecule has 4 nitrogen and oxygen atoms in total. The minimum Gasteiger partial charge on any atom is -0.378 e. The summed E-state index contributed by atoms with van der Waals surface area (Å²) in [6.45, 7) is 0.440. The van der Waals surface area contributed by atoms with Crippen molar-refractivity contribution in [2.24, 2.45) is 0 Å². The standard InChI is InChI=1S/C13H13BrClN3O/c1-16-12-6-9(7-19-2)17-13(18-12)10-4-3-8(15)5-11(10)14/h3-6H,7H2,1-2H3,(H,16,17,18). The lowest BCUT2D eigenvalue weighted by Gasteiger charge is -2.09. The third-order valence-corrected chi connectivity index (χ3v) is 3.39. The summed E-state index contributed by atoms with van der Waals surface area (Å²) < 4.78 is 5.97. The van der Waals surface area contributed by atoms with Crippen molar-refractivity contribution < 1.29 is 4.74 Å². The number of halogens is 2. The maximum Gasteiger partial charge on any atom is 0.162 e. The summed E-state index contributed by atoms with van der Waals surface area (Å²) in [7, 11) is 3.46. The zero-order chi connectivity index (χ0) is 13.8. The van der Waals surface area contributed by atoms with Crippen LogP contribution in [0.1, 0.15) is 5.69 Å². The number of rotatable bonds is 4. The van der Waals surface area contributed by atoms with Crippen molar-refractivity contribution in [3.05, 3.63) is 39.5 Å². The largest absolute Gasteiger partial charge is 0.378 e. The summed E-state index contributed by atoms with van der Waals surface area (Å²) in [5.41, 5.74) is 1.71. The molecular weight excluding hydrogens is 330 g/mol. The minimum atomic E-state index is 0.440. The van der Waals surface area contributed by atoms with Crippen LogP contribution in [0.15, 0.2) is 28.7 Å². The van der Waals surface area contributed by atoms with Gasteiger partial charge in [-0.2, -0.15) is 0 Å². The monoisotopic (exact) mass is 341 g/mol. The summed E-state index contributed by atoms with van der Waals surface area (Å²) in [5, 5.41) is 3.68. The van der Waals surface area contributed by atoms with Crippen LogP contribution >= 0.6 is 27.5 Å². The Balaban J connectivity index is 2.51. The summed E-state index contributed by atoms with van der Waals surface area (Å²) in [6, 6.07) is 7.38. The molecular formula is C13H13BrClN3O. The molecule has 0 saturated heterocycles. The lowest BCUT2D eigenvalue weighted by Crippen LogP contribution is -2.02. The molecule has 19 heavy (non-hydrogen) atoms. The molecule has 6 heteroatoms. The molecule has 2 rings (SSSR count). The van der Waals surface area contributed by atoms with Crippen LogP contribution in [0.4, 0.5) is 5.82 Å². The van der Waals surface area contributed by atoms with Gasteiger partial charge in [0.05, 0.1) is 12.3 Å². The number of benzene rings is 1. The smallest absolute Gasteiger partial charge is 0.162 e. The first-order valence-electron chi connectivity index (χ1n) is 5.64. The first kappa shape index (κ1) is 14.2. The highest BCUT2D eigenvalue weighted by Crippen LogP contribution is 2.29. The van der Waals surface area contributed by atoms with Gasteiger partial charge in [-0.05, 0) is 34.1 Å². The molecule has 100 valence electrons. The van der Waals surface area contributed by atoms with Crippen LogP contribution < -0.4 is 5.32 Å². The van der Waals surface area contributed by atoms with Gasteiger partial charge in [-0.1, -0.05) is 11.6 Å². The lowest BCUT2D eigenvalue weighted by atomic mass is 10.2. The van der Waals surface area contributed by atoms with Crippen molar-refractivity contribution in [2.75, 3.05) is 19.5 Å². The fourth-order valence-corrected chi connectivity index (χ4v) is 2.50. The van der Waals surface area contributed by atoms with Gasteiger partial charge < -0.3 is 10.1 Å². The summed E-state index contributed by atoms with van der Waals surface area (Å²) in [5.74, 6) is 1.38. The molecule has 0 saturated carbocycles. The Morgan fingerprint density at radius 2 is 2.11 bits per heavy atom. The summed E-state index contributed by atoms with van der Waals surface area (Å²) in [4.78, 5) is 8.93. The molecule has 2 aromatic rings. The van der Waals surface area contributed by atoms with Gasteiger partial charge in [0.2, 0.25) is 0 Å². The van der Waals surface area contributed by atoms with Gasteiger partial charge in [-0.3, -0.25) is 0 Å². The van der Waals surface area contributed by atoms with Crippen LogP contribution in [-0.4, -0.2) is 24.1 Å². The molecule has 0 aliphatic heterocycles. The molecule has 1 aromatic heterocycles. The van der Waals surface area contributed by atoms with E-state index in [9.17, 15) is 0 Å². The molecule has 0 atom stereocenters. The Bertz CT molecular complexity index is 592. The number of nitrogens with one attached hydrogen (secondary N) is 1. The first-order chi connectivity index (χ1) is 9.13. The number of ether oxygens (including phenoxy) is 1. The Hall–Kier alpha value is -1.17. The lowest BCUT2D eigenvalue weighted by molar-refractivity contribution is 0.181. The van der Waals surface area contributed by atoms with Gasteiger partial charge in [-0.25, -0.2) is 9.97 Å². The number of methoxy groups -OCH3 is 1. The second-order valence-corrected chi connectivity index (χ2v) is 5.17. The van der Waals surface area contributed by atoms with E-state index in [2.05, 4.69) is 31.2 Å². The molecule has 0 fully saturated rings. The maximum absolute atomic E-state index is 5.94. The summed E-state index contributed by atoms with van der Waals surface area (Å²) >= 11 is 9.42. The van der Waals surface area contributed by atoms with E-state index in [0.717, 1.165) is 21.5 Å². The van der Waals surface area contributed by atoms with Gasteiger partial charge in [-0.15, -0.1) is 0 Å². The van der Waals surface area contributed by atoms with E-state index in [0.29, 0.717) is 17.5 Å². The van der Waals surface area contributed by atoms with E-state index in [1.807, 2.05) is 31.3 Å². The Morgan fingerprint density at radius 3 is 2.74 bits per heavy atom. The topological polar surface area (TPSA) is 47.0 Å². The van der Waals surface area contributed by atoms with Crippen LogP contribution in [0.2, 0.25) is 5.02 Å². The Labute approximate surface area is 125 Å². The SMILES string of the molecule is CNc1cc(COC)nc(-c2ccc(Cl)cc2Br)n1. The minimum absolute atomic E-state index is 0.440. The average molecular weight is 343 g/mol. The van der Waals surface area contributed by atoms with Crippen molar-refractivity contribution in [1.29, 1.82) is 0 Å². The number of hydrogen-bond acceptors (Lipinski definition) is 4. The number of nitrogens with zero attached hydrogens (tertiary/aromatic N) is 2. The highest BCUT2D eigenvalue weighted by molar-refractivity contribution is 9.10. The molecule has 0 radical (unpaired) electrons. The number of hydrogen-bond donors (Lipinski definition) is 1. The molecule has 0 bridgehead atoms. The van der Waals surface area contributed by atoms with E-state index >= 15 is 0 Å². The van der Waals surface area contributed by atoms with Gasteiger partial charge in [0.1, 0.15) is 5.82 Å². The van der Waals surface area contributed by atoms with Crippen molar-refractivity contribution in [3.8, 4) is 11.4 Å². The maximum atomic E-state index is 5.94. The second-order valence-electron chi connectivity index (χ2n) is 3.88. The number of aromatic nitrogens is 2. The van der Waals surface area contributed by atoms with Crippen LogP contribution in [0, 0.1) is 0 Å². The van der Waals surface area contributed by atoms with Crippen LogP contribution in [0.3, 0.4) is 0 Å². The molecule has 0 unspecified atom stereocenters. The Kier molecular flexibility index (Phi) is 4.74. The van der Waals surface area contributed by atoms with Crippen LogP contribution in [0.5, 0.6) is 0 Å². The molecule has 0 spiro atoms. The van der Waals surface area contributed by atoms with Gasteiger partial charge in [0, 0.05) is 35.3 Å². The van der Waals surface area contributed by atoms with E-state index in [-0.39, 0.29) is 0 Å². The van der Waals surface area contributed by atoms with Crippen LogP contribution in [-0.2, 0) is 11.3 Å². The van der Waals surface area contributed by atoms with E-state index in [1.54, 1.807) is 7.11 Å². The zero-order valence-electron chi connectivity index (χ0n) is 10.6. The summed E-state index contributed by atoms with van der Waals surface area (Å²) in [6.07, 6.45) is 0. The quantitative estimate of drug-likeness (QED) is 0.919. The first-order valence-corrected chi connectivity index (χ1v) is 6.81. The van der Waals surface area contributed by atoms with Crippen molar-refractivity contribution in [3.63, 3.8) is 0 Å². The van der Waals surface area contributed by atoms with Gasteiger partial charge in [0.15, 0.2) is 5.82 Å². The van der Waals surface area contributed by atoms with E-state index in [4.69, 9.17) is 16.3 Å². The van der Waals surface area contributed by atoms with Crippen molar-refractivity contribution in [1.82, 2.24) is 9.97 Å². The molecule has 1 N–H and O–H groups in total. The van der Waals surface area contributed by atoms with Crippen LogP contribution in [0.25, 0.3) is 11.4 Å². The molecule has 1 heterocycles. The fraction of sp³-hybridized carbons (Fsp3) is 0.231. The van der Waals surface area contributed by atoms with E-state index < -0.39 is 0 Å². The highest BCUT2D eigenvalue weighted by atomic mass is 79.9. The molecule has 0 aliphatic carbocycles. The van der Waals surface area contributed by atoms with Gasteiger partial charge >= 0.3 is 0 Å². The predicted molar refractivity (Wildman–Crippen MR) is 80.4 cm³/mol. The average Bonchev–Trinajstić information content (AvgIpc) is 2.38. The third-order valence-electron chi connectivity index (χ3n) is 2.50. The predicted octanol–water partition coefficient (Wildman–Crippen LogP) is 3.75.